The Morgan fingerprint density at radius 3 is 2.38 bits per heavy atom. The van der Waals surface area contributed by atoms with Gasteiger partial charge in [0.05, 0.1) is 18.2 Å². The molecule has 0 spiro atoms. The normalized spacial score (nSPS) is 10.1. The van der Waals surface area contributed by atoms with Gasteiger partial charge < -0.3 is 14.8 Å². The third-order valence-electron chi connectivity index (χ3n) is 3.35. The molecule has 0 atom stereocenters. The standard InChI is InChI=1S/C18H15ClFNO5/c1-25-17(23)12-4-2-11(3-5-12)9-21-16(22)10-26-18(24)14-7-6-13(19)8-15(14)20/h2-8H,9-10H2,1H3,(H,21,22). The van der Waals surface area contributed by atoms with E-state index in [0.29, 0.717) is 5.56 Å². The highest BCUT2D eigenvalue weighted by Gasteiger charge is 2.15. The SMILES string of the molecule is COC(=O)c1ccc(CNC(=O)COC(=O)c2ccc(Cl)cc2F)cc1. The van der Waals surface area contributed by atoms with Gasteiger partial charge in [-0.3, -0.25) is 4.79 Å². The van der Waals surface area contributed by atoms with Gasteiger partial charge >= 0.3 is 11.9 Å². The first-order valence-corrected chi connectivity index (χ1v) is 7.84. The van der Waals surface area contributed by atoms with Crippen LogP contribution in [0.15, 0.2) is 42.5 Å². The lowest BCUT2D eigenvalue weighted by molar-refractivity contribution is -0.124. The first-order valence-electron chi connectivity index (χ1n) is 7.47. The number of rotatable bonds is 6. The summed E-state index contributed by atoms with van der Waals surface area (Å²) in [6, 6.07) is 9.95. The van der Waals surface area contributed by atoms with Crippen LogP contribution in [0.1, 0.15) is 26.3 Å². The Bertz CT molecular complexity index is 823. The number of ether oxygens (including phenoxy) is 2. The van der Waals surface area contributed by atoms with Crippen molar-refractivity contribution in [1.29, 1.82) is 0 Å². The number of hydrogen-bond acceptors (Lipinski definition) is 5. The van der Waals surface area contributed by atoms with Crippen LogP contribution in [-0.4, -0.2) is 31.6 Å². The molecule has 2 aromatic carbocycles. The van der Waals surface area contributed by atoms with Crippen LogP contribution in [0.4, 0.5) is 4.39 Å². The Morgan fingerprint density at radius 2 is 1.77 bits per heavy atom. The molecule has 0 aliphatic rings. The fourth-order valence-electron chi connectivity index (χ4n) is 1.99. The van der Waals surface area contributed by atoms with Crippen LogP contribution >= 0.6 is 11.6 Å². The maximum absolute atomic E-state index is 13.6. The molecule has 8 heteroatoms. The highest BCUT2D eigenvalue weighted by atomic mass is 35.5. The quantitative estimate of drug-likeness (QED) is 0.780. The molecule has 0 radical (unpaired) electrons. The van der Waals surface area contributed by atoms with E-state index in [-0.39, 0.29) is 17.1 Å². The third-order valence-corrected chi connectivity index (χ3v) is 3.59. The Hall–Kier alpha value is -2.93. The zero-order valence-corrected chi connectivity index (χ0v) is 14.5. The number of methoxy groups -OCH3 is 1. The van der Waals surface area contributed by atoms with Crippen LogP contribution in [0.25, 0.3) is 0 Å². The number of carbonyl (C=O) groups is 3. The molecule has 6 nitrogen and oxygen atoms in total. The van der Waals surface area contributed by atoms with E-state index in [1.165, 1.54) is 19.2 Å². The predicted molar refractivity (Wildman–Crippen MR) is 91.3 cm³/mol. The smallest absolute Gasteiger partial charge is 0.341 e. The number of esters is 2. The summed E-state index contributed by atoms with van der Waals surface area (Å²) in [6.07, 6.45) is 0. The van der Waals surface area contributed by atoms with Crippen LogP contribution in [-0.2, 0) is 20.8 Å². The maximum atomic E-state index is 13.6. The maximum Gasteiger partial charge on any atom is 0.341 e. The van der Waals surface area contributed by atoms with Crippen LogP contribution in [0.5, 0.6) is 0 Å². The van der Waals surface area contributed by atoms with Gasteiger partial charge in [0, 0.05) is 11.6 Å². The molecule has 0 heterocycles. The number of halogens is 2. The second-order valence-corrected chi connectivity index (χ2v) is 5.60. The summed E-state index contributed by atoms with van der Waals surface area (Å²) >= 11 is 5.60. The van der Waals surface area contributed by atoms with Crippen molar-refractivity contribution in [2.45, 2.75) is 6.54 Å². The molecule has 136 valence electrons. The summed E-state index contributed by atoms with van der Waals surface area (Å²) in [6.45, 7) is -0.381. The van der Waals surface area contributed by atoms with Crippen molar-refractivity contribution in [3.8, 4) is 0 Å². The van der Waals surface area contributed by atoms with Gasteiger partial charge in [-0.15, -0.1) is 0 Å². The molecule has 0 saturated heterocycles. The van der Waals surface area contributed by atoms with Crippen molar-refractivity contribution in [3.05, 3.63) is 70.0 Å². The molecule has 0 unspecified atom stereocenters. The van der Waals surface area contributed by atoms with E-state index in [2.05, 4.69) is 10.1 Å². The van der Waals surface area contributed by atoms with Gasteiger partial charge in [-0.05, 0) is 35.9 Å². The molecular weight excluding hydrogens is 365 g/mol. The van der Waals surface area contributed by atoms with Gasteiger partial charge in [-0.25, -0.2) is 14.0 Å². The number of carbonyl (C=O) groups excluding carboxylic acids is 3. The summed E-state index contributed by atoms with van der Waals surface area (Å²) in [5.41, 5.74) is 0.822. The van der Waals surface area contributed by atoms with Crippen molar-refractivity contribution in [3.63, 3.8) is 0 Å². The van der Waals surface area contributed by atoms with Crippen molar-refractivity contribution in [1.82, 2.24) is 5.32 Å². The molecule has 0 aliphatic heterocycles. The van der Waals surface area contributed by atoms with Crippen molar-refractivity contribution >= 4 is 29.4 Å². The molecule has 0 aromatic heterocycles. The molecule has 1 N–H and O–H groups in total. The lowest BCUT2D eigenvalue weighted by Crippen LogP contribution is -2.28. The lowest BCUT2D eigenvalue weighted by atomic mass is 10.1. The average molecular weight is 380 g/mol. The number of nitrogens with one attached hydrogen (secondary N) is 1. The van der Waals surface area contributed by atoms with E-state index < -0.39 is 30.3 Å². The highest BCUT2D eigenvalue weighted by molar-refractivity contribution is 6.30. The molecule has 2 rings (SSSR count). The van der Waals surface area contributed by atoms with Crippen LogP contribution < -0.4 is 5.32 Å². The van der Waals surface area contributed by atoms with E-state index in [0.717, 1.165) is 11.6 Å². The Labute approximate surface area is 153 Å². The molecule has 1 amide bonds. The molecular formula is C18H15ClFNO5. The third kappa shape index (κ3) is 5.29. The van der Waals surface area contributed by atoms with E-state index in [9.17, 15) is 18.8 Å². The first kappa shape index (κ1) is 19.4. The van der Waals surface area contributed by atoms with Crippen LogP contribution in [0, 0.1) is 5.82 Å². The summed E-state index contributed by atoms with van der Waals surface area (Å²) in [5, 5.41) is 2.69. The van der Waals surface area contributed by atoms with E-state index in [1.807, 2.05) is 0 Å². The monoisotopic (exact) mass is 379 g/mol. The van der Waals surface area contributed by atoms with Gasteiger partial charge in [0.25, 0.3) is 5.91 Å². The Balaban J connectivity index is 1.81. The molecule has 0 saturated carbocycles. The summed E-state index contributed by atoms with van der Waals surface area (Å²) < 4.78 is 22.9. The van der Waals surface area contributed by atoms with Crippen LogP contribution in [0.3, 0.4) is 0 Å². The molecule has 26 heavy (non-hydrogen) atoms. The number of benzene rings is 2. The van der Waals surface area contributed by atoms with Gasteiger partial charge in [0.2, 0.25) is 0 Å². The summed E-state index contributed by atoms with van der Waals surface area (Å²) in [7, 11) is 1.29. The zero-order chi connectivity index (χ0) is 19.1. The molecule has 2 aromatic rings. The Kier molecular flexibility index (Phi) is 6.68. The second-order valence-electron chi connectivity index (χ2n) is 5.17. The fraction of sp³-hybridized carbons (Fsp3) is 0.167. The van der Waals surface area contributed by atoms with Gasteiger partial charge in [-0.2, -0.15) is 0 Å². The van der Waals surface area contributed by atoms with Gasteiger partial charge in [-0.1, -0.05) is 23.7 Å². The zero-order valence-electron chi connectivity index (χ0n) is 13.8. The van der Waals surface area contributed by atoms with Crippen molar-refractivity contribution < 1.29 is 28.2 Å². The van der Waals surface area contributed by atoms with Crippen molar-refractivity contribution in [2.75, 3.05) is 13.7 Å². The average Bonchev–Trinajstić information content (AvgIpc) is 2.64. The minimum atomic E-state index is -0.961. The van der Waals surface area contributed by atoms with Crippen molar-refractivity contribution in [2.24, 2.45) is 0 Å². The predicted octanol–water partition coefficient (Wildman–Crippen LogP) is 2.74. The topological polar surface area (TPSA) is 81.7 Å². The second kappa shape index (κ2) is 8.96. The summed E-state index contributed by atoms with van der Waals surface area (Å²) in [4.78, 5) is 34.8. The molecule has 0 fully saturated rings. The van der Waals surface area contributed by atoms with Crippen LogP contribution in [0.2, 0.25) is 5.02 Å². The first-order chi connectivity index (χ1) is 12.4. The van der Waals surface area contributed by atoms with E-state index >= 15 is 0 Å². The fourth-order valence-corrected chi connectivity index (χ4v) is 2.15. The van der Waals surface area contributed by atoms with E-state index in [4.69, 9.17) is 16.3 Å². The largest absolute Gasteiger partial charge is 0.465 e. The molecule has 0 aliphatic carbocycles. The lowest BCUT2D eigenvalue weighted by Gasteiger charge is -2.08. The van der Waals surface area contributed by atoms with Gasteiger partial charge in [0.1, 0.15) is 5.82 Å². The minimum Gasteiger partial charge on any atom is -0.465 e. The van der Waals surface area contributed by atoms with E-state index in [1.54, 1.807) is 24.3 Å². The Morgan fingerprint density at radius 1 is 1.08 bits per heavy atom. The number of hydrogen-bond donors (Lipinski definition) is 1. The summed E-state index contributed by atoms with van der Waals surface area (Å²) in [5.74, 6) is -2.79. The van der Waals surface area contributed by atoms with Gasteiger partial charge in [0.15, 0.2) is 6.61 Å². The number of amides is 1. The molecule has 0 bridgehead atoms. The minimum absolute atomic E-state index is 0.148. The highest BCUT2D eigenvalue weighted by Crippen LogP contribution is 2.15.